The molecule has 1 heterocycles. The number of aromatic nitrogens is 3. The highest BCUT2D eigenvalue weighted by molar-refractivity contribution is 7.99. The molecule has 0 unspecified atom stereocenters. The lowest BCUT2D eigenvalue weighted by molar-refractivity contribution is -0.113. The number of thioether (sulfide) groups is 1. The molecule has 0 radical (unpaired) electrons. The fraction of sp³-hybridized carbons (Fsp3) is 0.167. The predicted molar refractivity (Wildman–Crippen MR) is 106 cm³/mol. The van der Waals surface area contributed by atoms with Crippen molar-refractivity contribution in [1.82, 2.24) is 15.2 Å². The summed E-state index contributed by atoms with van der Waals surface area (Å²) in [5.74, 6) is 1.90. The Morgan fingerprint density at radius 1 is 1.19 bits per heavy atom. The maximum Gasteiger partial charge on any atom is 0.234 e. The van der Waals surface area contributed by atoms with Crippen LogP contribution in [0, 0.1) is 0 Å². The first-order chi connectivity index (χ1) is 13.1. The van der Waals surface area contributed by atoms with Crippen LogP contribution in [0.3, 0.4) is 0 Å². The summed E-state index contributed by atoms with van der Waals surface area (Å²) in [6.45, 7) is 0. The molecule has 9 heteroatoms. The zero-order valence-electron chi connectivity index (χ0n) is 14.7. The Balaban J connectivity index is 1.61. The minimum atomic E-state index is -0.156. The molecule has 0 saturated carbocycles. The number of carbonyl (C=O) groups is 1. The molecule has 0 bridgehead atoms. The van der Waals surface area contributed by atoms with Crippen LogP contribution in [0.4, 0.5) is 5.69 Å². The van der Waals surface area contributed by atoms with E-state index in [0.29, 0.717) is 33.0 Å². The molecule has 2 aromatic carbocycles. The summed E-state index contributed by atoms with van der Waals surface area (Å²) in [5.41, 5.74) is 1.40. The normalized spacial score (nSPS) is 10.5. The second-order valence-electron chi connectivity index (χ2n) is 5.38. The predicted octanol–water partition coefficient (Wildman–Crippen LogP) is 3.87. The van der Waals surface area contributed by atoms with Gasteiger partial charge in [0, 0.05) is 10.7 Å². The maximum absolute atomic E-state index is 12.1. The lowest BCUT2D eigenvalue weighted by Crippen LogP contribution is -2.14. The Morgan fingerprint density at radius 3 is 2.67 bits per heavy atom. The molecule has 0 aliphatic heterocycles. The number of H-pyrrole nitrogens is 1. The van der Waals surface area contributed by atoms with Crippen LogP contribution < -0.4 is 14.8 Å². The third kappa shape index (κ3) is 4.93. The lowest BCUT2D eigenvalue weighted by atomic mass is 10.2. The molecule has 0 saturated heterocycles. The van der Waals surface area contributed by atoms with Crippen LogP contribution >= 0.6 is 23.4 Å². The topological polar surface area (TPSA) is 89.1 Å². The van der Waals surface area contributed by atoms with E-state index in [1.807, 2.05) is 0 Å². The van der Waals surface area contributed by atoms with Gasteiger partial charge >= 0.3 is 0 Å². The number of halogens is 1. The Labute approximate surface area is 165 Å². The molecular weight excluding hydrogens is 388 g/mol. The van der Waals surface area contributed by atoms with Gasteiger partial charge in [-0.15, -0.1) is 5.10 Å². The quantitative estimate of drug-likeness (QED) is 0.581. The van der Waals surface area contributed by atoms with E-state index in [9.17, 15) is 4.79 Å². The SMILES string of the molecule is COc1ccc(NC(=O)CSc2n[nH]c(-c3cc(Cl)ccc3OC)n2)cc1. The van der Waals surface area contributed by atoms with Crippen molar-refractivity contribution in [3.05, 3.63) is 47.5 Å². The maximum atomic E-state index is 12.1. The molecule has 1 aromatic heterocycles. The summed E-state index contributed by atoms with van der Waals surface area (Å²) in [4.78, 5) is 16.5. The van der Waals surface area contributed by atoms with Gasteiger partial charge in [0.25, 0.3) is 0 Å². The number of nitrogens with zero attached hydrogens (tertiary/aromatic N) is 2. The Kier molecular flexibility index (Phi) is 6.20. The molecule has 0 fully saturated rings. The zero-order valence-corrected chi connectivity index (χ0v) is 16.2. The fourth-order valence-electron chi connectivity index (χ4n) is 2.30. The molecule has 2 N–H and O–H groups in total. The molecule has 3 aromatic rings. The van der Waals surface area contributed by atoms with Crippen molar-refractivity contribution >= 4 is 35.0 Å². The van der Waals surface area contributed by atoms with Crippen molar-refractivity contribution in [3.63, 3.8) is 0 Å². The summed E-state index contributed by atoms with van der Waals surface area (Å²) in [6.07, 6.45) is 0. The number of nitrogens with one attached hydrogen (secondary N) is 2. The van der Waals surface area contributed by atoms with Crippen molar-refractivity contribution in [1.29, 1.82) is 0 Å². The number of carbonyl (C=O) groups excluding carboxylic acids is 1. The summed E-state index contributed by atoms with van der Waals surface area (Å²) in [6, 6.07) is 12.3. The number of hydrogen-bond acceptors (Lipinski definition) is 6. The minimum Gasteiger partial charge on any atom is -0.497 e. The average molecular weight is 405 g/mol. The lowest BCUT2D eigenvalue weighted by Gasteiger charge is -2.06. The van der Waals surface area contributed by atoms with Gasteiger partial charge in [-0.1, -0.05) is 23.4 Å². The fourth-order valence-corrected chi connectivity index (χ4v) is 3.07. The van der Waals surface area contributed by atoms with E-state index in [0.717, 1.165) is 5.75 Å². The Hall–Kier alpha value is -2.71. The van der Waals surface area contributed by atoms with E-state index < -0.39 is 0 Å². The highest BCUT2D eigenvalue weighted by Crippen LogP contribution is 2.31. The number of aromatic amines is 1. The van der Waals surface area contributed by atoms with Gasteiger partial charge in [-0.2, -0.15) is 0 Å². The third-order valence-electron chi connectivity index (χ3n) is 3.59. The van der Waals surface area contributed by atoms with E-state index in [4.69, 9.17) is 21.1 Å². The van der Waals surface area contributed by atoms with Crippen molar-refractivity contribution < 1.29 is 14.3 Å². The minimum absolute atomic E-state index is 0.156. The average Bonchev–Trinajstić information content (AvgIpc) is 3.16. The first-order valence-electron chi connectivity index (χ1n) is 7.92. The van der Waals surface area contributed by atoms with Crippen LogP contribution in [-0.2, 0) is 4.79 Å². The van der Waals surface area contributed by atoms with Gasteiger partial charge < -0.3 is 14.8 Å². The number of benzene rings is 2. The van der Waals surface area contributed by atoms with Gasteiger partial charge in [0.15, 0.2) is 5.82 Å². The molecule has 7 nitrogen and oxygen atoms in total. The van der Waals surface area contributed by atoms with E-state index >= 15 is 0 Å². The van der Waals surface area contributed by atoms with Crippen molar-refractivity contribution in [2.75, 3.05) is 25.3 Å². The number of methoxy groups -OCH3 is 2. The van der Waals surface area contributed by atoms with Crippen LogP contribution in [0.2, 0.25) is 5.02 Å². The molecule has 27 heavy (non-hydrogen) atoms. The second-order valence-corrected chi connectivity index (χ2v) is 6.76. The van der Waals surface area contributed by atoms with Crippen LogP contribution in [0.5, 0.6) is 11.5 Å². The molecule has 3 rings (SSSR count). The first kappa shape index (κ1) is 19.1. The van der Waals surface area contributed by atoms with Gasteiger partial charge in [0.05, 0.1) is 25.5 Å². The van der Waals surface area contributed by atoms with Crippen molar-refractivity contribution in [2.45, 2.75) is 5.16 Å². The third-order valence-corrected chi connectivity index (χ3v) is 4.67. The summed E-state index contributed by atoms with van der Waals surface area (Å²) >= 11 is 7.27. The van der Waals surface area contributed by atoms with Crippen LogP contribution in [0.25, 0.3) is 11.4 Å². The van der Waals surface area contributed by atoms with Crippen LogP contribution in [-0.4, -0.2) is 41.1 Å². The number of anilines is 1. The van der Waals surface area contributed by atoms with Crippen molar-refractivity contribution in [3.8, 4) is 22.9 Å². The highest BCUT2D eigenvalue weighted by atomic mass is 35.5. The number of amides is 1. The molecule has 0 spiro atoms. The largest absolute Gasteiger partial charge is 0.497 e. The molecular formula is C18H17ClN4O3S. The summed E-state index contributed by atoms with van der Waals surface area (Å²) < 4.78 is 10.4. The van der Waals surface area contributed by atoms with Gasteiger partial charge in [0.2, 0.25) is 11.1 Å². The van der Waals surface area contributed by atoms with Gasteiger partial charge in [0.1, 0.15) is 11.5 Å². The van der Waals surface area contributed by atoms with E-state index in [1.165, 1.54) is 11.8 Å². The molecule has 0 aliphatic carbocycles. The first-order valence-corrected chi connectivity index (χ1v) is 9.28. The highest BCUT2D eigenvalue weighted by Gasteiger charge is 2.13. The summed E-state index contributed by atoms with van der Waals surface area (Å²) in [7, 11) is 3.16. The van der Waals surface area contributed by atoms with Crippen LogP contribution in [0.1, 0.15) is 0 Å². The summed E-state index contributed by atoms with van der Waals surface area (Å²) in [5, 5.41) is 10.8. The standard InChI is InChI=1S/C18H17ClN4O3S/c1-25-13-6-4-12(5-7-13)20-16(24)10-27-18-21-17(22-23-18)14-9-11(19)3-8-15(14)26-2/h3-9H,10H2,1-2H3,(H,20,24)(H,21,22,23). The molecule has 1 amide bonds. The number of ether oxygens (including phenoxy) is 2. The Bertz CT molecular complexity index is 931. The Morgan fingerprint density at radius 2 is 1.96 bits per heavy atom. The van der Waals surface area contributed by atoms with Crippen molar-refractivity contribution in [2.24, 2.45) is 0 Å². The van der Waals surface area contributed by atoms with Gasteiger partial charge in [-0.3, -0.25) is 9.89 Å². The van der Waals surface area contributed by atoms with Gasteiger partial charge in [-0.05, 0) is 42.5 Å². The van der Waals surface area contributed by atoms with E-state index in [-0.39, 0.29) is 11.7 Å². The monoisotopic (exact) mass is 404 g/mol. The molecule has 140 valence electrons. The van der Waals surface area contributed by atoms with E-state index in [1.54, 1.807) is 56.7 Å². The van der Waals surface area contributed by atoms with Crippen LogP contribution in [0.15, 0.2) is 47.6 Å². The second kappa shape index (κ2) is 8.79. The zero-order chi connectivity index (χ0) is 19.2. The van der Waals surface area contributed by atoms with Gasteiger partial charge in [-0.25, -0.2) is 4.98 Å². The smallest absolute Gasteiger partial charge is 0.234 e. The number of rotatable bonds is 7. The van der Waals surface area contributed by atoms with E-state index in [2.05, 4.69) is 20.5 Å². The number of hydrogen-bond donors (Lipinski definition) is 2. The molecule has 0 atom stereocenters. The molecule has 0 aliphatic rings.